The van der Waals surface area contributed by atoms with Crippen molar-refractivity contribution in [3.05, 3.63) is 47.3 Å². The quantitative estimate of drug-likeness (QED) is 0.705. The summed E-state index contributed by atoms with van der Waals surface area (Å²) in [7, 11) is 0. The Labute approximate surface area is 152 Å². The lowest BCUT2D eigenvalue weighted by Crippen LogP contribution is -2.15. The van der Waals surface area contributed by atoms with E-state index in [9.17, 15) is 4.79 Å². The molecule has 8 heteroatoms. The molecule has 0 unspecified atom stereocenters. The van der Waals surface area contributed by atoms with E-state index < -0.39 is 0 Å². The van der Waals surface area contributed by atoms with Gasteiger partial charge in [0.25, 0.3) is 0 Å². The maximum atomic E-state index is 12.2. The van der Waals surface area contributed by atoms with E-state index in [1.807, 2.05) is 41.7 Å². The molecular weight excluding hydrogens is 330 g/mol. The first-order valence-electron chi connectivity index (χ1n) is 8.81. The van der Waals surface area contributed by atoms with Gasteiger partial charge < -0.3 is 5.32 Å². The van der Waals surface area contributed by atoms with Crippen molar-refractivity contribution in [2.45, 2.75) is 53.8 Å². The molecular formula is C18H25N7O. The highest BCUT2D eigenvalue weighted by molar-refractivity contribution is 5.90. The topological polar surface area (TPSA) is 82.6 Å². The summed E-state index contributed by atoms with van der Waals surface area (Å²) < 4.78 is 5.62. The molecule has 0 atom stereocenters. The number of nitrogens with one attached hydrogen (secondary N) is 1. The fourth-order valence-electron chi connectivity index (χ4n) is 2.98. The average molecular weight is 355 g/mol. The van der Waals surface area contributed by atoms with Crippen LogP contribution < -0.4 is 5.32 Å². The Morgan fingerprint density at radius 1 is 1.15 bits per heavy atom. The second kappa shape index (κ2) is 7.55. The molecule has 0 aliphatic heterocycles. The minimum absolute atomic E-state index is 0.0490. The van der Waals surface area contributed by atoms with Gasteiger partial charge in [0.1, 0.15) is 0 Å². The molecule has 0 fully saturated rings. The Hall–Kier alpha value is -2.90. The Kier molecular flexibility index (Phi) is 5.20. The van der Waals surface area contributed by atoms with Gasteiger partial charge in [-0.05, 0) is 33.8 Å². The average Bonchev–Trinajstić information content (AvgIpc) is 3.27. The summed E-state index contributed by atoms with van der Waals surface area (Å²) in [5, 5.41) is 15.9. The molecule has 0 aliphatic carbocycles. The molecule has 0 saturated heterocycles. The Balaban J connectivity index is 1.55. The van der Waals surface area contributed by atoms with Crippen molar-refractivity contribution in [2.24, 2.45) is 0 Å². The van der Waals surface area contributed by atoms with E-state index in [1.165, 1.54) is 0 Å². The van der Waals surface area contributed by atoms with E-state index in [0.29, 0.717) is 25.2 Å². The number of carbonyl (C=O) groups excluding carboxylic acids is 1. The van der Waals surface area contributed by atoms with Crippen LogP contribution in [0.4, 0.5) is 5.69 Å². The van der Waals surface area contributed by atoms with Crippen LogP contribution in [-0.4, -0.2) is 35.2 Å². The van der Waals surface area contributed by atoms with Gasteiger partial charge in [-0.1, -0.05) is 0 Å². The number of aromatic nitrogens is 6. The summed E-state index contributed by atoms with van der Waals surface area (Å²) in [6, 6.07) is 2.00. The van der Waals surface area contributed by atoms with Gasteiger partial charge in [-0.3, -0.25) is 18.8 Å². The summed E-state index contributed by atoms with van der Waals surface area (Å²) >= 11 is 0. The third kappa shape index (κ3) is 4.01. The third-order valence-electron chi connectivity index (χ3n) is 4.41. The monoisotopic (exact) mass is 355 g/mol. The molecule has 0 spiro atoms. The number of hydrogen-bond acceptors (Lipinski definition) is 4. The van der Waals surface area contributed by atoms with Gasteiger partial charge in [0.15, 0.2) is 0 Å². The molecule has 3 heterocycles. The van der Waals surface area contributed by atoms with Gasteiger partial charge in [-0.15, -0.1) is 0 Å². The molecule has 26 heavy (non-hydrogen) atoms. The fourth-order valence-corrected chi connectivity index (χ4v) is 2.98. The molecule has 0 aromatic carbocycles. The fraction of sp³-hybridized carbons (Fsp3) is 0.444. The number of aryl methyl sites for hydroxylation is 4. The van der Waals surface area contributed by atoms with Crippen LogP contribution in [0.25, 0.3) is 0 Å². The number of nitrogens with zero attached hydrogens (tertiary/aromatic N) is 6. The van der Waals surface area contributed by atoms with Crippen molar-refractivity contribution in [2.75, 3.05) is 5.32 Å². The number of anilines is 1. The number of carbonyl (C=O) groups is 1. The van der Waals surface area contributed by atoms with E-state index in [4.69, 9.17) is 0 Å². The maximum Gasteiger partial charge on any atom is 0.226 e. The van der Waals surface area contributed by atoms with Crippen molar-refractivity contribution >= 4 is 11.6 Å². The highest BCUT2D eigenvalue weighted by atomic mass is 16.1. The second-order valence-electron chi connectivity index (χ2n) is 6.45. The molecule has 1 amide bonds. The summed E-state index contributed by atoms with van der Waals surface area (Å²) in [5.74, 6) is -0.0490. The van der Waals surface area contributed by atoms with E-state index in [2.05, 4.69) is 34.5 Å². The molecule has 3 rings (SSSR count). The smallest absolute Gasteiger partial charge is 0.226 e. The highest BCUT2D eigenvalue weighted by Crippen LogP contribution is 2.12. The molecule has 3 aromatic heterocycles. The van der Waals surface area contributed by atoms with E-state index in [-0.39, 0.29) is 5.91 Å². The molecule has 138 valence electrons. The first-order valence-corrected chi connectivity index (χ1v) is 8.81. The zero-order chi connectivity index (χ0) is 18.7. The van der Waals surface area contributed by atoms with Crippen LogP contribution in [0.5, 0.6) is 0 Å². The lowest BCUT2D eigenvalue weighted by atomic mass is 10.2. The third-order valence-corrected chi connectivity index (χ3v) is 4.41. The lowest BCUT2D eigenvalue weighted by Gasteiger charge is -2.05. The van der Waals surface area contributed by atoms with Crippen molar-refractivity contribution in [1.82, 2.24) is 29.3 Å². The lowest BCUT2D eigenvalue weighted by molar-refractivity contribution is -0.116. The molecule has 0 bridgehead atoms. The minimum atomic E-state index is -0.0490. The van der Waals surface area contributed by atoms with Gasteiger partial charge >= 0.3 is 0 Å². The first-order chi connectivity index (χ1) is 12.5. The number of rotatable bonds is 7. The van der Waals surface area contributed by atoms with E-state index >= 15 is 0 Å². The van der Waals surface area contributed by atoms with Crippen LogP contribution in [0, 0.1) is 20.8 Å². The van der Waals surface area contributed by atoms with Crippen molar-refractivity contribution in [1.29, 1.82) is 0 Å². The molecule has 3 aromatic rings. The molecule has 0 aliphatic rings. The summed E-state index contributed by atoms with van der Waals surface area (Å²) in [6.07, 6.45) is 5.74. The van der Waals surface area contributed by atoms with Crippen LogP contribution in [0.3, 0.4) is 0 Å². The van der Waals surface area contributed by atoms with Crippen LogP contribution in [0.1, 0.15) is 36.0 Å². The van der Waals surface area contributed by atoms with Crippen molar-refractivity contribution in [3.8, 4) is 0 Å². The van der Waals surface area contributed by atoms with Crippen molar-refractivity contribution in [3.63, 3.8) is 0 Å². The van der Waals surface area contributed by atoms with E-state index in [1.54, 1.807) is 10.9 Å². The van der Waals surface area contributed by atoms with Crippen LogP contribution in [-0.2, 0) is 24.4 Å². The van der Waals surface area contributed by atoms with Crippen LogP contribution in [0.15, 0.2) is 24.7 Å². The second-order valence-corrected chi connectivity index (χ2v) is 6.45. The molecule has 0 saturated carbocycles. The number of amides is 1. The SMILES string of the molecule is CCn1ncc(Cn2cc(NC(=O)CCn3nc(C)cc3C)cn2)c1C. The van der Waals surface area contributed by atoms with Gasteiger partial charge in [-0.25, -0.2) is 0 Å². The van der Waals surface area contributed by atoms with Gasteiger partial charge in [0.05, 0.1) is 30.3 Å². The standard InChI is InChI=1S/C18H25N7O/c1-5-24-15(4)16(9-20-24)11-23-12-17(10-19-23)21-18(26)6-7-25-14(3)8-13(2)22-25/h8-10,12H,5-7,11H2,1-4H3,(H,21,26). The molecule has 8 nitrogen and oxygen atoms in total. The number of hydrogen-bond donors (Lipinski definition) is 1. The molecule has 1 N–H and O–H groups in total. The van der Waals surface area contributed by atoms with Gasteiger partial charge in [-0.2, -0.15) is 15.3 Å². The molecule has 0 radical (unpaired) electrons. The van der Waals surface area contributed by atoms with Crippen LogP contribution >= 0.6 is 0 Å². The Morgan fingerprint density at radius 3 is 2.62 bits per heavy atom. The van der Waals surface area contributed by atoms with E-state index in [0.717, 1.165) is 29.2 Å². The van der Waals surface area contributed by atoms with Crippen LogP contribution in [0.2, 0.25) is 0 Å². The van der Waals surface area contributed by atoms with Crippen molar-refractivity contribution < 1.29 is 4.79 Å². The van der Waals surface area contributed by atoms with Gasteiger partial charge in [0.2, 0.25) is 5.91 Å². The normalized spacial score (nSPS) is 11.1. The summed E-state index contributed by atoms with van der Waals surface area (Å²) in [4.78, 5) is 12.2. The first kappa shape index (κ1) is 17.9. The Bertz CT molecular complexity index is 903. The largest absolute Gasteiger partial charge is 0.323 e. The zero-order valence-corrected chi connectivity index (χ0v) is 15.7. The maximum absolute atomic E-state index is 12.2. The predicted molar refractivity (Wildman–Crippen MR) is 98.9 cm³/mol. The highest BCUT2D eigenvalue weighted by Gasteiger charge is 2.09. The minimum Gasteiger partial charge on any atom is -0.323 e. The summed E-state index contributed by atoms with van der Waals surface area (Å²) in [6.45, 7) is 10.1. The van der Waals surface area contributed by atoms with Gasteiger partial charge in [0, 0.05) is 42.7 Å². The zero-order valence-electron chi connectivity index (χ0n) is 15.7. The predicted octanol–water partition coefficient (Wildman–Crippen LogP) is 2.30. The summed E-state index contributed by atoms with van der Waals surface area (Å²) in [5.41, 5.74) is 4.98. The Morgan fingerprint density at radius 2 is 1.96 bits per heavy atom.